The molecule has 0 bridgehead atoms. The van der Waals surface area contributed by atoms with Crippen LogP contribution in [0.1, 0.15) is 22.3 Å². The second-order valence-electron chi connectivity index (χ2n) is 33.1. The average molecular weight is 1650 g/mol. The molecule has 25 rings (SSSR count). The standard InChI is InChI=1S/C42H28.C34H20.C30H20.C24H16/c1-5-17-29(18-6-1)37-33-25-13-14-26-34(33)39(31-21-9-3-10-22-31)42-40(32-23-11-4-12-24-32)36-28-16-15-27-35(36)38(41(37)42)30-19-7-2-8-20-30;1-3-11-25(12-4-1)19-21-31-29-17-9-7-15-27(29)24-34-32(22-20-26-13-5-2-6-14-26)30-18-10-8-16-28(30)23-33(31)34;1-3-11-21(12-4-1)29-25-17-9-7-15-23(25)20-28-27(29)19-24-16-8-10-18-26(24)30(28)22-13-5-2-6-14-22;1-2-8-17(9-3-1)24-22-13-7-6-12-20(22)15-21-14-18-10-4-5-11-19(18)16-23(21)24/h1-28H;1-18,23-24H;1-20H;1-16H. The maximum absolute atomic E-state index is 3.51. The minimum absolute atomic E-state index is 1.01. The second-order valence-corrected chi connectivity index (χ2v) is 33.1. The SMILES string of the molecule is C(#Cc1c2ccccc2cc2c(C#Cc3ccccc3)c3ccccc3cc12)c1ccccc1.c1ccc(-c2c3ccccc3c(-c3ccccc3)c3c(-c4ccccc4)c4ccccc4c(-c4ccccc4)c23)cc1.c1ccc(-c2c3ccccc3cc3c(-c4ccccc4)c4ccccc4cc23)cc1.c1ccc(-c2c3ccccc3cc3cc4ccccc4cc23)cc1. The van der Waals surface area contributed by atoms with Crippen molar-refractivity contribution in [2.75, 3.05) is 0 Å². The highest BCUT2D eigenvalue weighted by Crippen LogP contribution is 2.54. The Balaban J connectivity index is 0.000000104. The Morgan fingerprint density at radius 2 is 0.300 bits per heavy atom. The zero-order valence-electron chi connectivity index (χ0n) is 71.5. The molecule has 0 aromatic heterocycles. The Hall–Kier alpha value is -17.3. The molecule has 0 radical (unpaired) electrons. The highest BCUT2D eigenvalue weighted by molar-refractivity contribution is 6.34. The van der Waals surface area contributed by atoms with Crippen LogP contribution in [0.3, 0.4) is 0 Å². The first-order valence-corrected chi connectivity index (χ1v) is 44.6. The lowest BCUT2D eigenvalue weighted by Gasteiger charge is -2.25. The number of hydrogen-bond donors (Lipinski definition) is 0. The molecule has 0 spiro atoms. The molecule has 0 aliphatic heterocycles. The third kappa shape index (κ3) is 15.1. The third-order valence-electron chi connectivity index (χ3n) is 25.3. The van der Waals surface area contributed by atoms with Gasteiger partial charge in [0.2, 0.25) is 0 Å². The van der Waals surface area contributed by atoms with Gasteiger partial charge in [0.25, 0.3) is 0 Å². The van der Waals surface area contributed by atoms with E-state index in [1.807, 2.05) is 60.7 Å². The van der Waals surface area contributed by atoms with Gasteiger partial charge in [-0.3, -0.25) is 0 Å². The smallest absolute Gasteiger partial charge is 0.0406 e. The van der Waals surface area contributed by atoms with E-state index in [0.29, 0.717) is 0 Å². The minimum atomic E-state index is 1.01. The molecule has 130 heavy (non-hydrogen) atoms. The second kappa shape index (κ2) is 35.4. The molecule has 0 heterocycles. The molecule has 0 fully saturated rings. The average Bonchev–Trinajstić information content (AvgIpc) is 0.696. The van der Waals surface area contributed by atoms with Crippen molar-refractivity contribution in [3.8, 4) is 102 Å². The Morgan fingerprint density at radius 3 is 0.600 bits per heavy atom. The first kappa shape index (κ1) is 78.7. The molecule has 0 aliphatic carbocycles. The van der Waals surface area contributed by atoms with Crippen LogP contribution in [-0.2, 0) is 0 Å². The highest BCUT2D eigenvalue weighted by atomic mass is 14.3. The summed E-state index contributed by atoms with van der Waals surface area (Å²) in [6.45, 7) is 0. The van der Waals surface area contributed by atoms with Crippen LogP contribution < -0.4 is 0 Å². The Morgan fingerprint density at radius 1 is 0.108 bits per heavy atom. The summed E-state index contributed by atoms with van der Waals surface area (Å²) in [5.74, 6) is 13.8. The molecule has 25 aromatic rings. The Labute approximate surface area is 757 Å². The van der Waals surface area contributed by atoms with Gasteiger partial charge in [-0.1, -0.05) is 467 Å². The van der Waals surface area contributed by atoms with Crippen LogP contribution in [0.4, 0.5) is 0 Å². The lowest BCUT2D eigenvalue weighted by atomic mass is 9.77. The first-order chi connectivity index (χ1) is 64.6. The van der Waals surface area contributed by atoms with Crippen LogP contribution in [0.15, 0.2) is 510 Å². The normalized spacial score (nSPS) is 11.1. The Kier molecular flexibility index (Phi) is 21.4. The van der Waals surface area contributed by atoms with Gasteiger partial charge in [0.15, 0.2) is 0 Å². The quantitative estimate of drug-likeness (QED) is 0.110. The summed E-state index contributed by atoms with van der Waals surface area (Å²) >= 11 is 0. The summed E-state index contributed by atoms with van der Waals surface area (Å²) in [6.07, 6.45) is 0. The van der Waals surface area contributed by atoms with Gasteiger partial charge in [0.05, 0.1) is 0 Å². The fourth-order valence-corrected chi connectivity index (χ4v) is 19.6. The number of benzene rings is 25. The number of hydrogen-bond acceptors (Lipinski definition) is 0. The van der Waals surface area contributed by atoms with Crippen molar-refractivity contribution in [2.45, 2.75) is 0 Å². The minimum Gasteiger partial charge on any atom is -0.0622 e. The van der Waals surface area contributed by atoms with Gasteiger partial charge in [-0.25, -0.2) is 0 Å². The van der Waals surface area contributed by atoms with E-state index < -0.39 is 0 Å². The predicted octanol–water partition coefficient (Wildman–Crippen LogP) is 35.1. The molecule has 0 saturated carbocycles. The summed E-state index contributed by atoms with van der Waals surface area (Å²) in [6, 6.07) is 182. The molecule has 0 saturated heterocycles. The van der Waals surface area contributed by atoms with E-state index in [-0.39, 0.29) is 0 Å². The summed E-state index contributed by atoms with van der Waals surface area (Å²) in [5.41, 5.74) is 21.9. The lowest BCUT2D eigenvalue weighted by Crippen LogP contribution is -1.97. The van der Waals surface area contributed by atoms with Crippen LogP contribution in [-0.4, -0.2) is 0 Å². The van der Waals surface area contributed by atoms with E-state index in [4.69, 9.17) is 0 Å². The van der Waals surface area contributed by atoms with Gasteiger partial charge in [0, 0.05) is 22.3 Å². The fraction of sp³-hybridized carbons (Fsp3) is 0. The van der Waals surface area contributed by atoms with E-state index in [2.05, 4.69) is 473 Å². The van der Waals surface area contributed by atoms with Crippen molar-refractivity contribution < 1.29 is 0 Å². The van der Waals surface area contributed by atoms with Crippen LogP contribution in [0.5, 0.6) is 0 Å². The largest absolute Gasteiger partial charge is 0.0622 e. The molecule has 0 atom stereocenters. The van der Waals surface area contributed by atoms with Crippen molar-refractivity contribution in [2.24, 2.45) is 0 Å². The fourth-order valence-electron chi connectivity index (χ4n) is 19.6. The molecule has 0 nitrogen and oxygen atoms in total. The van der Waals surface area contributed by atoms with Crippen molar-refractivity contribution >= 4 is 129 Å². The van der Waals surface area contributed by atoms with Gasteiger partial charge < -0.3 is 0 Å². The highest BCUT2D eigenvalue weighted by Gasteiger charge is 2.27. The van der Waals surface area contributed by atoms with E-state index in [1.165, 1.54) is 186 Å². The van der Waals surface area contributed by atoms with Crippen molar-refractivity contribution in [1.29, 1.82) is 0 Å². The van der Waals surface area contributed by atoms with Crippen LogP contribution in [0.25, 0.3) is 207 Å². The van der Waals surface area contributed by atoms with Crippen LogP contribution in [0, 0.1) is 23.7 Å². The molecular weight excluding hydrogens is 1560 g/mol. The molecule has 0 aliphatic rings. The summed E-state index contributed by atoms with van der Waals surface area (Å²) in [4.78, 5) is 0. The maximum atomic E-state index is 3.51. The molecule has 604 valence electrons. The van der Waals surface area contributed by atoms with E-state index in [9.17, 15) is 0 Å². The van der Waals surface area contributed by atoms with Gasteiger partial charge in [-0.05, 0) is 274 Å². The van der Waals surface area contributed by atoms with Crippen LogP contribution in [0.2, 0.25) is 0 Å². The molecule has 0 amide bonds. The van der Waals surface area contributed by atoms with Gasteiger partial charge >= 0.3 is 0 Å². The van der Waals surface area contributed by atoms with Crippen molar-refractivity contribution in [3.63, 3.8) is 0 Å². The van der Waals surface area contributed by atoms with E-state index in [1.54, 1.807) is 0 Å². The third-order valence-corrected chi connectivity index (χ3v) is 25.3. The van der Waals surface area contributed by atoms with Gasteiger partial charge in [-0.2, -0.15) is 0 Å². The molecule has 0 unspecified atom stereocenters. The van der Waals surface area contributed by atoms with Gasteiger partial charge in [-0.15, -0.1) is 0 Å². The number of fused-ring (bicyclic) bond motifs is 12. The van der Waals surface area contributed by atoms with Crippen LogP contribution >= 0.6 is 0 Å². The topological polar surface area (TPSA) is 0 Å². The van der Waals surface area contributed by atoms with E-state index in [0.717, 1.165) is 43.8 Å². The molecule has 0 N–H and O–H groups in total. The zero-order valence-corrected chi connectivity index (χ0v) is 71.5. The molecule has 0 heteroatoms. The summed E-state index contributed by atoms with van der Waals surface area (Å²) in [7, 11) is 0. The number of rotatable bonds is 7. The van der Waals surface area contributed by atoms with E-state index >= 15 is 0 Å². The van der Waals surface area contributed by atoms with Crippen molar-refractivity contribution in [1.82, 2.24) is 0 Å². The lowest BCUT2D eigenvalue weighted by molar-refractivity contribution is 1.63. The predicted molar refractivity (Wildman–Crippen MR) is 559 cm³/mol. The molecule has 25 aromatic carbocycles. The monoisotopic (exact) mass is 1640 g/mol. The maximum Gasteiger partial charge on any atom is 0.0406 e. The van der Waals surface area contributed by atoms with Crippen molar-refractivity contribution in [3.05, 3.63) is 532 Å². The zero-order chi connectivity index (χ0) is 86.5. The first-order valence-electron chi connectivity index (χ1n) is 44.6. The molecular formula is C130H84. The summed E-state index contributed by atoms with van der Waals surface area (Å²) < 4.78 is 0. The van der Waals surface area contributed by atoms with Gasteiger partial charge in [0.1, 0.15) is 0 Å². The Bertz CT molecular complexity index is 8130. The summed E-state index contributed by atoms with van der Waals surface area (Å²) in [5, 5.41) is 30.1.